The first kappa shape index (κ1) is 20.5. The summed E-state index contributed by atoms with van der Waals surface area (Å²) in [6, 6.07) is 11.7. The van der Waals surface area contributed by atoms with Crippen LogP contribution in [0.15, 0.2) is 42.5 Å². The summed E-state index contributed by atoms with van der Waals surface area (Å²) in [5.41, 5.74) is 0.928. The molecule has 138 valence electrons. The summed E-state index contributed by atoms with van der Waals surface area (Å²) in [6.07, 6.45) is 0. The molecule has 0 aliphatic carbocycles. The fourth-order valence-electron chi connectivity index (χ4n) is 2.01. The van der Waals surface area contributed by atoms with Gasteiger partial charge in [-0.15, -0.1) is 0 Å². The van der Waals surface area contributed by atoms with Crippen molar-refractivity contribution in [2.24, 2.45) is 0 Å². The number of hydrogen-bond donors (Lipinski definition) is 2. The van der Waals surface area contributed by atoms with Crippen LogP contribution in [0.2, 0.25) is 10.0 Å². The average Bonchev–Trinajstić information content (AvgIpc) is 2.62. The van der Waals surface area contributed by atoms with E-state index in [4.69, 9.17) is 44.9 Å². The third-order valence-electron chi connectivity index (χ3n) is 3.20. The van der Waals surface area contributed by atoms with E-state index >= 15 is 0 Å². The maximum Gasteiger partial charge on any atom is 0.257 e. The van der Waals surface area contributed by atoms with Gasteiger partial charge in [-0.25, -0.2) is 0 Å². The highest BCUT2D eigenvalue weighted by Gasteiger charge is 2.10. The molecule has 2 N–H and O–H groups in total. The largest absolute Gasteiger partial charge is 0.491 e. The maximum absolute atomic E-state index is 12.3. The van der Waals surface area contributed by atoms with Crippen LogP contribution < -0.4 is 15.4 Å². The summed E-state index contributed by atoms with van der Waals surface area (Å²) < 4.78 is 10.8. The van der Waals surface area contributed by atoms with Crippen molar-refractivity contribution >= 4 is 52.1 Å². The van der Waals surface area contributed by atoms with E-state index in [0.717, 1.165) is 0 Å². The molecule has 0 fully saturated rings. The minimum Gasteiger partial charge on any atom is -0.491 e. The Balaban J connectivity index is 1.94. The number of thiocarbonyl (C=S) groups is 1. The molecule has 2 aromatic carbocycles. The third kappa shape index (κ3) is 6.46. The predicted molar refractivity (Wildman–Crippen MR) is 109 cm³/mol. The third-order valence-corrected chi connectivity index (χ3v) is 3.97. The van der Waals surface area contributed by atoms with Gasteiger partial charge in [0, 0.05) is 17.2 Å². The molecule has 2 aromatic rings. The van der Waals surface area contributed by atoms with Gasteiger partial charge in [0.15, 0.2) is 5.11 Å². The van der Waals surface area contributed by atoms with Crippen molar-refractivity contribution in [2.45, 2.75) is 6.92 Å². The second kappa shape index (κ2) is 10.3. The molecule has 0 bridgehead atoms. The summed E-state index contributed by atoms with van der Waals surface area (Å²) in [7, 11) is 0. The molecule has 1 amide bonds. The van der Waals surface area contributed by atoms with Crippen LogP contribution in [0.4, 0.5) is 5.69 Å². The molecule has 0 saturated heterocycles. The second-order valence-corrected chi connectivity index (χ2v) is 6.36. The average molecular weight is 413 g/mol. The molecular weight excluding hydrogens is 395 g/mol. The first-order valence-electron chi connectivity index (χ1n) is 7.87. The zero-order valence-electron chi connectivity index (χ0n) is 14.1. The van der Waals surface area contributed by atoms with E-state index in [1.807, 2.05) is 6.92 Å². The molecule has 0 heterocycles. The minimum atomic E-state index is -0.365. The normalized spacial score (nSPS) is 10.3. The van der Waals surface area contributed by atoms with Gasteiger partial charge in [-0.3, -0.25) is 10.1 Å². The zero-order chi connectivity index (χ0) is 18.9. The van der Waals surface area contributed by atoms with Crippen molar-refractivity contribution < 1.29 is 14.3 Å². The van der Waals surface area contributed by atoms with Gasteiger partial charge in [0.25, 0.3) is 5.91 Å². The van der Waals surface area contributed by atoms with Crippen molar-refractivity contribution in [3.8, 4) is 5.75 Å². The molecule has 0 atom stereocenters. The Bertz CT molecular complexity index is 787. The highest BCUT2D eigenvalue weighted by molar-refractivity contribution is 7.80. The Morgan fingerprint density at radius 2 is 1.96 bits per heavy atom. The number of anilines is 1. The Hall–Kier alpha value is -1.86. The van der Waals surface area contributed by atoms with Crippen molar-refractivity contribution in [1.29, 1.82) is 0 Å². The van der Waals surface area contributed by atoms with Crippen molar-refractivity contribution in [3.63, 3.8) is 0 Å². The van der Waals surface area contributed by atoms with Crippen LogP contribution in [0.25, 0.3) is 0 Å². The Morgan fingerprint density at radius 1 is 1.15 bits per heavy atom. The number of halogens is 2. The Labute approximate surface area is 167 Å². The van der Waals surface area contributed by atoms with Crippen LogP contribution >= 0.6 is 35.4 Å². The highest BCUT2D eigenvalue weighted by atomic mass is 35.5. The van der Waals surface area contributed by atoms with Gasteiger partial charge in [-0.05, 0) is 55.5 Å². The molecule has 8 heteroatoms. The van der Waals surface area contributed by atoms with Crippen molar-refractivity contribution in [2.75, 3.05) is 25.1 Å². The number of carbonyl (C=O) groups excluding carboxylic acids is 1. The number of nitrogens with one attached hydrogen (secondary N) is 2. The SMILES string of the molecule is CCOCCOc1cccc(C(=O)NC(=S)Nc2cc(Cl)ccc2Cl)c1. The van der Waals surface area contributed by atoms with Crippen molar-refractivity contribution in [1.82, 2.24) is 5.32 Å². The van der Waals surface area contributed by atoms with Gasteiger partial charge in [0.2, 0.25) is 0 Å². The maximum atomic E-state index is 12.3. The summed E-state index contributed by atoms with van der Waals surface area (Å²) in [5, 5.41) is 6.50. The lowest BCUT2D eigenvalue weighted by molar-refractivity contribution is 0.0976. The smallest absolute Gasteiger partial charge is 0.257 e. The summed E-state index contributed by atoms with van der Waals surface area (Å²) in [6.45, 7) is 3.44. The molecule has 0 aliphatic heterocycles. The van der Waals surface area contributed by atoms with E-state index < -0.39 is 0 Å². The minimum absolute atomic E-state index is 0.113. The number of benzene rings is 2. The Kier molecular flexibility index (Phi) is 8.12. The second-order valence-electron chi connectivity index (χ2n) is 5.11. The molecule has 0 spiro atoms. The van der Waals surface area contributed by atoms with E-state index in [2.05, 4.69) is 10.6 Å². The van der Waals surface area contributed by atoms with Crippen molar-refractivity contribution in [3.05, 3.63) is 58.1 Å². The lowest BCUT2D eigenvalue weighted by atomic mass is 10.2. The van der Waals surface area contributed by atoms with Crippen LogP contribution in [-0.4, -0.2) is 30.8 Å². The quantitative estimate of drug-likeness (QED) is 0.516. The monoisotopic (exact) mass is 412 g/mol. The van der Waals surface area contributed by atoms with E-state index in [0.29, 0.717) is 46.9 Å². The fraction of sp³-hybridized carbons (Fsp3) is 0.222. The van der Waals surface area contributed by atoms with Crippen LogP contribution in [0.3, 0.4) is 0 Å². The van der Waals surface area contributed by atoms with E-state index in [1.165, 1.54) is 0 Å². The molecule has 0 aliphatic rings. The predicted octanol–water partition coefficient (Wildman–Crippen LogP) is 4.54. The summed E-state index contributed by atoms with van der Waals surface area (Å²) in [5.74, 6) is 0.213. The van der Waals surface area contributed by atoms with Gasteiger partial charge in [-0.2, -0.15) is 0 Å². The summed E-state index contributed by atoms with van der Waals surface area (Å²) >= 11 is 17.1. The van der Waals surface area contributed by atoms with Crippen LogP contribution in [0, 0.1) is 0 Å². The van der Waals surface area contributed by atoms with Gasteiger partial charge in [0.05, 0.1) is 17.3 Å². The lowest BCUT2D eigenvalue weighted by Gasteiger charge is -2.12. The van der Waals surface area contributed by atoms with Crippen LogP contribution in [0.1, 0.15) is 17.3 Å². The summed E-state index contributed by atoms with van der Waals surface area (Å²) in [4.78, 5) is 12.3. The molecular formula is C18H18Cl2N2O3S. The molecule has 0 unspecified atom stereocenters. The topological polar surface area (TPSA) is 59.6 Å². The highest BCUT2D eigenvalue weighted by Crippen LogP contribution is 2.25. The standard InChI is InChI=1S/C18H18Cl2N2O3S/c1-2-24-8-9-25-14-5-3-4-12(10-14)17(23)22-18(26)21-16-11-13(19)6-7-15(16)20/h3-7,10-11H,2,8-9H2,1H3,(H2,21,22,23,26). The van der Waals surface area contributed by atoms with E-state index in [1.54, 1.807) is 42.5 Å². The number of ether oxygens (including phenoxy) is 2. The van der Waals surface area contributed by atoms with Crippen LogP contribution in [0.5, 0.6) is 5.75 Å². The Morgan fingerprint density at radius 3 is 2.73 bits per heavy atom. The molecule has 5 nitrogen and oxygen atoms in total. The van der Waals surface area contributed by atoms with Gasteiger partial charge >= 0.3 is 0 Å². The first-order valence-corrected chi connectivity index (χ1v) is 9.04. The van der Waals surface area contributed by atoms with E-state index in [9.17, 15) is 4.79 Å². The van der Waals surface area contributed by atoms with Crippen LogP contribution in [-0.2, 0) is 4.74 Å². The number of carbonyl (C=O) groups is 1. The molecule has 0 radical (unpaired) electrons. The first-order chi connectivity index (χ1) is 12.5. The van der Waals surface area contributed by atoms with Gasteiger partial charge in [-0.1, -0.05) is 29.3 Å². The molecule has 26 heavy (non-hydrogen) atoms. The van der Waals surface area contributed by atoms with Gasteiger partial charge in [0.1, 0.15) is 12.4 Å². The molecule has 0 aromatic heterocycles. The number of hydrogen-bond acceptors (Lipinski definition) is 4. The lowest BCUT2D eigenvalue weighted by Crippen LogP contribution is -2.34. The molecule has 2 rings (SSSR count). The number of amides is 1. The number of rotatable bonds is 7. The van der Waals surface area contributed by atoms with E-state index in [-0.39, 0.29) is 11.0 Å². The zero-order valence-corrected chi connectivity index (χ0v) is 16.4. The fourth-order valence-corrected chi connectivity index (χ4v) is 2.55. The van der Waals surface area contributed by atoms with Gasteiger partial charge < -0.3 is 14.8 Å². The molecule has 0 saturated carbocycles.